The molecule has 0 unspecified atom stereocenters. The van der Waals surface area contributed by atoms with Crippen LogP contribution in [0.5, 0.6) is 0 Å². The minimum absolute atomic E-state index is 0.0879. The highest BCUT2D eigenvalue weighted by molar-refractivity contribution is 7.13. The van der Waals surface area contributed by atoms with Crippen LogP contribution in [-0.4, -0.2) is 16.9 Å². The molecular weight excluding hydrogens is 320 g/mol. The van der Waals surface area contributed by atoms with E-state index in [4.69, 9.17) is 5.11 Å². The maximum absolute atomic E-state index is 12.2. The van der Waals surface area contributed by atoms with Crippen molar-refractivity contribution in [3.8, 4) is 10.4 Å². The first kappa shape index (κ1) is 15.9. The van der Waals surface area contributed by atoms with Crippen LogP contribution >= 0.6 is 11.3 Å². The fourth-order valence-electron chi connectivity index (χ4n) is 2.25. The smallest absolute Gasteiger partial charge is 0.335 e. The number of hydrogen-bond acceptors (Lipinski definition) is 3. The molecule has 0 amide bonds. The van der Waals surface area contributed by atoms with E-state index in [1.54, 1.807) is 29.5 Å². The molecule has 4 heteroatoms. The molecule has 0 aliphatic rings. The summed E-state index contributed by atoms with van der Waals surface area (Å²) >= 11 is 1.66. The molecule has 0 radical (unpaired) electrons. The lowest BCUT2D eigenvalue weighted by atomic mass is 10.1. The molecule has 1 aromatic heterocycles. The first-order chi connectivity index (χ1) is 11.6. The van der Waals surface area contributed by atoms with Crippen molar-refractivity contribution in [2.75, 3.05) is 0 Å². The SMILES string of the molecule is O=C(O)c1ccc(/C=C/C(=O)c2ccc(-c3cccs3)cc2)cc1. The van der Waals surface area contributed by atoms with Gasteiger partial charge in [0.25, 0.3) is 0 Å². The minimum Gasteiger partial charge on any atom is -0.478 e. The van der Waals surface area contributed by atoms with E-state index in [0.29, 0.717) is 5.56 Å². The zero-order valence-electron chi connectivity index (χ0n) is 12.7. The number of aromatic carboxylic acids is 1. The molecule has 3 aromatic rings. The van der Waals surface area contributed by atoms with E-state index in [1.165, 1.54) is 23.1 Å². The molecule has 24 heavy (non-hydrogen) atoms. The van der Waals surface area contributed by atoms with Gasteiger partial charge in [-0.25, -0.2) is 4.79 Å². The topological polar surface area (TPSA) is 54.4 Å². The number of ketones is 1. The molecule has 3 nitrogen and oxygen atoms in total. The van der Waals surface area contributed by atoms with Gasteiger partial charge in [0.05, 0.1) is 5.56 Å². The Hall–Kier alpha value is -2.98. The normalized spacial score (nSPS) is 10.8. The van der Waals surface area contributed by atoms with Crippen LogP contribution in [0.2, 0.25) is 0 Å². The lowest BCUT2D eigenvalue weighted by molar-refractivity contribution is 0.0696. The molecular formula is C20H14O3S. The third-order valence-electron chi connectivity index (χ3n) is 3.56. The number of carbonyl (C=O) groups is 2. The Balaban J connectivity index is 1.71. The second-order valence-corrected chi connectivity index (χ2v) is 6.13. The van der Waals surface area contributed by atoms with E-state index in [-0.39, 0.29) is 11.3 Å². The lowest BCUT2D eigenvalue weighted by Crippen LogP contribution is -1.95. The Morgan fingerprint density at radius 1 is 0.875 bits per heavy atom. The van der Waals surface area contributed by atoms with Gasteiger partial charge in [0.2, 0.25) is 0 Å². The number of thiophene rings is 1. The van der Waals surface area contributed by atoms with Crippen molar-refractivity contribution < 1.29 is 14.7 Å². The number of carbonyl (C=O) groups excluding carboxylic acids is 1. The fourth-order valence-corrected chi connectivity index (χ4v) is 2.98. The fraction of sp³-hybridized carbons (Fsp3) is 0. The number of hydrogen-bond donors (Lipinski definition) is 1. The molecule has 0 bridgehead atoms. The molecule has 0 fully saturated rings. The highest BCUT2D eigenvalue weighted by atomic mass is 32.1. The number of carboxylic acids is 1. The number of rotatable bonds is 5. The van der Waals surface area contributed by atoms with E-state index < -0.39 is 5.97 Å². The Kier molecular flexibility index (Phi) is 4.68. The van der Waals surface area contributed by atoms with Crippen LogP contribution in [-0.2, 0) is 0 Å². The Morgan fingerprint density at radius 3 is 2.12 bits per heavy atom. The molecule has 0 saturated heterocycles. The van der Waals surface area contributed by atoms with Gasteiger partial charge in [-0.2, -0.15) is 0 Å². The van der Waals surface area contributed by atoms with Crippen LogP contribution in [0.15, 0.2) is 72.1 Å². The zero-order chi connectivity index (χ0) is 16.9. The van der Waals surface area contributed by atoms with E-state index in [9.17, 15) is 9.59 Å². The Bertz CT molecular complexity index is 874. The lowest BCUT2D eigenvalue weighted by Gasteiger charge is -2.00. The Morgan fingerprint density at radius 2 is 1.54 bits per heavy atom. The van der Waals surface area contributed by atoms with Gasteiger partial charge in [-0.05, 0) is 40.8 Å². The summed E-state index contributed by atoms with van der Waals surface area (Å²) in [6.07, 6.45) is 3.18. The van der Waals surface area contributed by atoms with Crippen molar-refractivity contribution in [2.24, 2.45) is 0 Å². The second-order valence-electron chi connectivity index (χ2n) is 5.18. The summed E-state index contributed by atoms with van der Waals surface area (Å²) in [6.45, 7) is 0. The summed E-state index contributed by atoms with van der Waals surface area (Å²) in [5.74, 6) is -1.05. The highest BCUT2D eigenvalue weighted by Crippen LogP contribution is 2.24. The van der Waals surface area contributed by atoms with E-state index in [1.807, 2.05) is 41.8 Å². The van der Waals surface area contributed by atoms with Gasteiger partial charge in [0.15, 0.2) is 5.78 Å². The molecule has 118 valence electrons. The van der Waals surface area contributed by atoms with Crippen LogP contribution in [0.25, 0.3) is 16.5 Å². The van der Waals surface area contributed by atoms with Crippen molar-refractivity contribution in [3.63, 3.8) is 0 Å². The van der Waals surface area contributed by atoms with E-state index in [2.05, 4.69) is 0 Å². The van der Waals surface area contributed by atoms with E-state index in [0.717, 1.165) is 11.1 Å². The third-order valence-corrected chi connectivity index (χ3v) is 4.48. The minimum atomic E-state index is -0.965. The standard InChI is InChI=1S/C20H14O3S/c21-18(12-5-14-3-6-17(7-4-14)20(22)23)15-8-10-16(11-9-15)19-2-1-13-24-19/h1-13H,(H,22,23)/b12-5+. The van der Waals surface area contributed by atoms with Crippen LogP contribution < -0.4 is 0 Å². The van der Waals surface area contributed by atoms with Crippen molar-refractivity contribution in [1.82, 2.24) is 0 Å². The van der Waals surface area contributed by atoms with Gasteiger partial charge in [0, 0.05) is 10.4 Å². The maximum atomic E-state index is 12.2. The van der Waals surface area contributed by atoms with Crippen LogP contribution in [0, 0.1) is 0 Å². The molecule has 0 aliphatic heterocycles. The number of carboxylic acid groups (broad SMARTS) is 1. The summed E-state index contributed by atoms with van der Waals surface area (Å²) in [7, 11) is 0. The van der Waals surface area contributed by atoms with Crippen molar-refractivity contribution in [3.05, 3.63) is 88.8 Å². The molecule has 0 aliphatic carbocycles. The van der Waals surface area contributed by atoms with Crippen molar-refractivity contribution in [1.29, 1.82) is 0 Å². The largest absolute Gasteiger partial charge is 0.478 e. The summed E-state index contributed by atoms with van der Waals surface area (Å²) in [5, 5.41) is 10.9. The molecule has 1 heterocycles. The molecule has 3 rings (SSSR count). The van der Waals surface area contributed by atoms with Gasteiger partial charge < -0.3 is 5.11 Å². The van der Waals surface area contributed by atoms with Gasteiger partial charge in [-0.3, -0.25) is 4.79 Å². The van der Waals surface area contributed by atoms with Gasteiger partial charge in [0.1, 0.15) is 0 Å². The first-order valence-corrected chi connectivity index (χ1v) is 8.21. The van der Waals surface area contributed by atoms with Crippen molar-refractivity contribution >= 4 is 29.2 Å². The Labute approximate surface area is 143 Å². The molecule has 0 spiro atoms. The zero-order valence-corrected chi connectivity index (χ0v) is 13.5. The monoisotopic (exact) mass is 334 g/mol. The number of benzene rings is 2. The quantitative estimate of drug-likeness (QED) is 0.527. The third kappa shape index (κ3) is 3.67. The first-order valence-electron chi connectivity index (χ1n) is 7.33. The second kappa shape index (κ2) is 7.06. The predicted octanol–water partition coefficient (Wildman–Crippen LogP) is 5.01. The van der Waals surface area contributed by atoms with Gasteiger partial charge in [-0.15, -0.1) is 11.3 Å². The van der Waals surface area contributed by atoms with Crippen molar-refractivity contribution in [2.45, 2.75) is 0 Å². The molecule has 0 atom stereocenters. The van der Waals surface area contributed by atoms with Gasteiger partial charge >= 0.3 is 5.97 Å². The predicted molar refractivity (Wildman–Crippen MR) is 96.5 cm³/mol. The maximum Gasteiger partial charge on any atom is 0.335 e. The van der Waals surface area contributed by atoms with E-state index >= 15 is 0 Å². The van der Waals surface area contributed by atoms with Crippen LogP contribution in [0.1, 0.15) is 26.3 Å². The summed E-state index contributed by atoms with van der Waals surface area (Å²) in [5.41, 5.74) is 2.72. The number of allylic oxidation sites excluding steroid dienone is 1. The van der Waals surface area contributed by atoms with Gasteiger partial charge in [-0.1, -0.05) is 48.5 Å². The van der Waals surface area contributed by atoms with Crippen LogP contribution in [0.3, 0.4) is 0 Å². The summed E-state index contributed by atoms with van der Waals surface area (Å²) < 4.78 is 0. The summed E-state index contributed by atoms with van der Waals surface area (Å²) in [4.78, 5) is 24.2. The molecule has 2 aromatic carbocycles. The summed E-state index contributed by atoms with van der Waals surface area (Å²) in [6, 6.07) is 17.9. The molecule has 0 saturated carbocycles. The van der Waals surface area contributed by atoms with Crippen LogP contribution in [0.4, 0.5) is 0 Å². The average molecular weight is 334 g/mol. The average Bonchev–Trinajstić information content (AvgIpc) is 3.15. The highest BCUT2D eigenvalue weighted by Gasteiger charge is 2.04. The molecule has 1 N–H and O–H groups in total.